The Morgan fingerprint density at radius 1 is 1.03 bits per heavy atom. The molecule has 12 heteroatoms. The van der Waals surface area contributed by atoms with Crippen molar-refractivity contribution in [3.05, 3.63) is 58.2 Å². The molecule has 6 nitrogen and oxygen atoms in total. The van der Waals surface area contributed by atoms with E-state index >= 15 is 0 Å². The summed E-state index contributed by atoms with van der Waals surface area (Å²) in [5, 5.41) is 9.27. The monoisotopic (exact) mass is 519 g/mol. The SMILES string of the molecule is O=S(=O)(c1cc(-c2nc(-c3ccc(Cl)c(C(F)(F)F)c3)c[nH]2)ccc1Cl)N1CCC(O)CC1. The van der Waals surface area contributed by atoms with E-state index in [0.29, 0.717) is 18.4 Å². The van der Waals surface area contributed by atoms with Crippen LogP contribution in [0.3, 0.4) is 0 Å². The summed E-state index contributed by atoms with van der Waals surface area (Å²) in [6.45, 7) is 0.347. The molecular weight excluding hydrogens is 502 g/mol. The predicted octanol–water partition coefficient (Wildman–Crippen LogP) is 5.21. The van der Waals surface area contributed by atoms with Gasteiger partial charge in [0.25, 0.3) is 0 Å². The van der Waals surface area contributed by atoms with Crippen molar-refractivity contribution >= 4 is 33.2 Å². The van der Waals surface area contributed by atoms with E-state index in [1.165, 1.54) is 28.7 Å². The first-order valence-corrected chi connectivity index (χ1v) is 12.1. The summed E-state index contributed by atoms with van der Waals surface area (Å²) in [4.78, 5) is 7.09. The summed E-state index contributed by atoms with van der Waals surface area (Å²) in [5.74, 6) is 0.260. The molecule has 1 aliphatic heterocycles. The highest BCUT2D eigenvalue weighted by atomic mass is 35.5. The number of rotatable bonds is 4. The summed E-state index contributed by atoms with van der Waals surface area (Å²) in [6.07, 6.45) is -3.06. The molecule has 0 unspecified atom stereocenters. The van der Waals surface area contributed by atoms with Gasteiger partial charge in [0, 0.05) is 30.4 Å². The number of aliphatic hydroxyl groups is 1. The second kappa shape index (κ2) is 8.92. The van der Waals surface area contributed by atoms with Crippen molar-refractivity contribution in [3.63, 3.8) is 0 Å². The number of hydrogen-bond acceptors (Lipinski definition) is 4. The number of hydrogen-bond donors (Lipinski definition) is 2. The Labute approximate surface area is 198 Å². The van der Waals surface area contributed by atoms with Gasteiger partial charge in [-0.1, -0.05) is 29.3 Å². The molecule has 0 saturated carbocycles. The number of aliphatic hydroxyl groups excluding tert-OH is 1. The number of nitrogens with zero attached hydrogens (tertiary/aromatic N) is 2. The smallest absolute Gasteiger partial charge is 0.393 e. The fourth-order valence-corrected chi connectivity index (χ4v) is 5.78. The summed E-state index contributed by atoms with van der Waals surface area (Å²) in [5.41, 5.74) is -0.150. The van der Waals surface area contributed by atoms with Crippen LogP contribution in [-0.4, -0.2) is 47.0 Å². The Morgan fingerprint density at radius 3 is 2.33 bits per heavy atom. The Balaban J connectivity index is 1.67. The van der Waals surface area contributed by atoms with Gasteiger partial charge in [0.2, 0.25) is 10.0 Å². The first kappa shape index (κ1) is 24.0. The van der Waals surface area contributed by atoms with Crippen molar-refractivity contribution < 1.29 is 26.7 Å². The molecular formula is C21H18Cl2F3N3O3S. The Hall–Kier alpha value is -2.11. The molecule has 0 radical (unpaired) electrons. The van der Waals surface area contributed by atoms with Crippen molar-refractivity contribution in [1.29, 1.82) is 0 Å². The Bertz CT molecular complexity index is 1290. The molecule has 0 aliphatic carbocycles. The van der Waals surface area contributed by atoms with E-state index in [1.54, 1.807) is 6.07 Å². The van der Waals surface area contributed by atoms with E-state index in [-0.39, 0.29) is 40.1 Å². The number of aromatic nitrogens is 2. The van der Waals surface area contributed by atoms with Crippen molar-refractivity contribution in [3.8, 4) is 22.6 Å². The number of sulfonamides is 1. The second-order valence-electron chi connectivity index (χ2n) is 7.61. The summed E-state index contributed by atoms with van der Waals surface area (Å²) in [7, 11) is -3.91. The molecule has 1 saturated heterocycles. The fraction of sp³-hybridized carbons (Fsp3) is 0.286. The van der Waals surface area contributed by atoms with Crippen LogP contribution in [0.5, 0.6) is 0 Å². The second-order valence-corrected chi connectivity index (χ2v) is 10.3. The first-order chi connectivity index (χ1) is 15.5. The Kier molecular flexibility index (Phi) is 6.49. The number of piperidine rings is 1. The van der Waals surface area contributed by atoms with E-state index in [0.717, 1.165) is 12.1 Å². The molecule has 0 spiro atoms. The molecule has 33 heavy (non-hydrogen) atoms. The van der Waals surface area contributed by atoms with E-state index in [1.807, 2.05) is 0 Å². The largest absolute Gasteiger partial charge is 0.417 e. The van der Waals surface area contributed by atoms with E-state index < -0.39 is 32.9 Å². The summed E-state index contributed by atoms with van der Waals surface area (Å²) in [6, 6.07) is 7.83. The van der Waals surface area contributed by atoms with Gasteiger partial charge in [-0.2, -0.15) is 17.5 Å². The third-order valence-electron chi connectivity index (χ3n) is 5.39. The number of nitrogens with one attached hydrogen (secondary N) is 1. The lowest BCUT2D eigenvalue weighted by Crippen LogP contribution is -2.40. The minimum Gasteiger partial charge on any atom is -0.393 e. The van der Waals surface area contributed by atoms with Gasteiger partial charge in [0.1, 0.15) is 10.7 Å². The third kappa shape index (κ3) is 4.90. The third-order valence-corrected chi connectivity index (χ3v) is 8.10. The van der Waals surface area contributed by atoms with Gasteiger partial charge in [-0.3, -0.25) is 0 Å². The van der Waals surface area contributed by atoms with Gasteiger partial charge < -0.3 is 10.1 Å². The average Bonchev–Trinajstić information content (AvgIpc) is 3.24. The maximum Gasteiger partial charge on any atom is 0.417 e. The molecule has 1 aromatic heterocycles. The number of imidazole rings is 1. The van der Waals surface area contributed by atoms with Gasteiger partial charge in [-0.15, -0.1) is 0 Å². The quantitative estimate of drug-likeness (QED) is 0.495. The normalized spacial score (nSPS) is 16.3. The van der Waals surface area contributed by atoms with Gasteiger partial charge >= 0.3 is 6.18 Å². The minimum absolute atomic E-state index is 0.0316. The highest BCUT2D eigenvalue weighted by Crippen LogP contribution is 2.37. The molecule has 2 heterocycles. The number of halogens is 5. The van der Waals surface area contributed by atoms with Crippen LogP contribution in [0.4, 0.5) is 13.2 Å². The molecule has 2 aromatic carbocycles. The van der Waals surface area contributed by atoms with Crippen LogP contribution < -0.4 is 0 Å². The van der Waals surface area contributed by atoms with Crippen molar-refractivity contribution in [2.75, 3.05) is 13.1 Å². The van der Waals surface area contributed by atoms with E-state index in [2.05, 4.69) is 9.97 Å². The van der Waals surface area contributed by atoms with Gasteiger partial charge in [-0.05, 0) is 43.2 Å². The van der Waals surface area contributed by atoms with Crippen LogP contribution >= 0.6 is 23.2 Å². The van der Waals surface area contributed by atoms with Crippen molar-refractivity contribution in [2.24, 2.45) is 0 Å². The molecule has 1 fully saturated rings. The zero-order valence-electron chi connectivity index (χ0n) is 16.9. The summed E-state index contributed by atoms with van der Waals surface area (Å²) >= 11 is 11.9. The molecule has 2 N–H and O–H groups in total. The average molecular weight is 520 g/mol. The molecule has 176 valence electrons. The van der Waals surface area contributed by atoms with Gasteiger partial charge in [-0.25, -0.2) is 13.4 Å². The molecule has 0 atom stereocenters. The lowest BCUT2D eigenvalue weighted by molar-refractivity contribution is -0.137. The van der Waals surface area contributed by atoms with Crippen LogP contribution in [-0.2, 0) is 16.2 Å². The van der Waals surface area contributed by atoms with Gasteiger partial charge in [0.05, 0.1) is 27.4 Å². The molecule has 0 bridgehead atoms. The van der Waals surface area contributed by atoms with Crippen molar-refractivity contribution in [1.82, 2.24) is 14.3 Å². The van der Waals surface area contributed by atoms with Crippen LogP contribution in [0.25, 0.3) is 22.6 Å². The van der Waals surface area contributed by atoms with Crippen molar-refractivity contribution in [2.45, 2.75) is 30.0 Å². The first-order valence-electron chi connectivity index (χ1n) is 9.87. The summed E-state index contributed by atoms with van der Waals surface area (Å²) < 4.78 is 67.0. The number of aromatic amines is 1. The standard InChI is InChI=1S/C21H18Cl2F3N3O3S/c22-16-3-1-12(9-15(16)21(24,25)26)18-11-27-20(28-18)13-2-4-17(23)19(10-13)33(31,32)29-7-5-14(30)6-8-29/h1-4,9-11,14,30H,5-8H2,(H,27,28). The number of alkyl halides is 3. The maximum atomic E-state index is 13.2. The molecule has 0 amide bonds. The van der Waals surface area contributed by atoms with Crippen LogP contribution in [0, 0.1) is 0 Å². The van der Waals surface area contributed by atoms with Crippen LogP contribution in [0.1, 0.15) is 18.4 Å². The van der Waals surface area contributed by atoms with E-state index in [9.17, 15) is 26.7 Å². The van der Waals surface area contributed by atoms with Crippen LogP contribution in [0.2, 0.25) is 10.0 Å². The fourth-order valence-electron chi connectivity index (χ4n) is 3.59. The molecule has 4 rings (SSSR count). The highest BCUT2D eigenvalue weighted by molar-refractivity contribution is 7.89. The highest BCUT2D eigenvalue weighted by Gasteiger charge is 2.34. The zero-order valence-corrected chi connectivity index (χ0v) is 19.2. The molecule has 3 aromatic rings. The number of benzene rings is 2. The maximum absolute atomic E-state index is 13.2. The lowest BCUT2D eigenvalue weighted by atomic mass is 10.1. The Morgan fingerprint density at radius 2 is 1.67 bits per heavy atom. The minimum atomic E-state index is -4.61. The molecule has 1 aliphatic rings. The predicted molar refractivity (Wildman–Crippen MR) is 118 cm³/mol. The zero-order chi connectivity index (χ0) is 24.0. The van der Waals surface area contributed by atoms with Crippen LogP contribution in [0.15, 0.2) is 47.5 Å². The lowest BCUT2D eigenvalue weighted by Gasteiger charge is -2.29. The topological polar surface area (TPSA) is 86.3 Å². The van der Waals surface area contributed by atoms with E-state index in [4.69, 9.17) is 23.2 Å². The number of H-pyrrole nitrogens is 1. The van der Waals surface area contributed by atoms with Gasteiger partial charge in [0.15, 0.2) is 0 Å².